The van der Waals surface area contributed by atoms with Crippen molar-refractivity contribution in [3.8, 4) is 0 Å². The average Bonchev–Trinajstić information content (AvgIpc) is 2.49. The second-order valence-corrected chi connectivity index (χ2v) is 5.43. The monoisotopic (exact) mass is 289 g/mol. The fraction of sp³-hybridized carbons (Fsp3) is 0.500. The van der Waals surface area contributed by atoms with Crippen LogP contribution in [0.15, 0.2) is 18.2 Å². The Hall–Kier alpha value is -1.88. The van der Waals surface area contributed by atoms with Crippen molar-refractivity contribution in [2.24, 2.45) is 0 Å². The summed E-state index contributed by atoms with van der Waals surface area (Å²) in [6.45, 7) is 8.11. The zero-order valence-corrected chi connectivity index (χ0v) is 12.9. The average molecular weight is 289 g/mol. The van der Waals surface area contributed by atoms with Gasteiger partial charge in [0.05, 0.1) is 0 Å². The van der Waals surface area contributed by atoms with E-state index in [0.717, 1.165) is 11.1 Å². The molecule has 1 aliphatic rings. The highest BCUT2D eigenvalue weighted by Crippen LogP contribution is 2.16. The van der Waals surface area contributed by atoms with Crippen molar-refractivity contribution < 1.29 is 9.59 Å². The van der Waals surface area contributed by atoms with E-state index in [-0.39, 0.29) is 11.8 Å². The van der Waals surface area contributed by atoms with Gasteiger partial charge in [-0.05, 0) is 32.4 Å². The predicted molar refractivity (Wildman–Crippen MR) is 82.3 cm³/mol. The summed E-state index contributed by atoms with van der Waals surface area (Å²) in [4.78, 5) is 26.6. The summed E-state index contributed by atoms with van der Waals surface area (Å²) in [6.07, 6.45) is 0. The van der Waals surface area contributed by atoms with E-state index in [0.29, 0.717) is 31.7 Å². The SMILES string of the molecule is CCNC(=O)C1CNCCN1C(=O)c1cc(C)ccc1C. The van der Waals surface area contributed by atoms with Crippen LogP contribution in [0.4, 0.5) is 0 Å². The van der Waals surface area contributed by atoms with Crippen molar-refractivity contribution in [2.75, 3.05) is 26.2 Å². The van der Waals surface area contributed by atoms with E-state index in [1.165, 1.54) is 0 Å². The second-order valence-electron chi connectivity index (χ2n) is 5.43. The standard InChI is InChI=1S/C16H23N3O2/c1-4-18-15(20)14-10-17-7-8-19(14)16(21)13-9-11(2)5-6-12(13)3/h5-6,9,14,17H,4,7-8,10H2,1-3H3,(H,18,20). The van der Waals surface area contributed by atoms with Gasteiger partial charge in [-0.3, -0.25) is 9.59 Å². The van der Waals surface area contributed by atoms with Gasteiger partial charge in [-0.15, -0.1) is 0 Å². The first kappa shape index (κ1) is 15.5. The molecule has 1 fully saturated rings. The molecular weight excluding hydrogens is 266 g/mol. The maximum atomic E-state index is 12.8. The molecular formula is C16H23N3O2. The zero-order valence-electron chi connectivity index (χ0n) is 12.9. The Morgan fingerprint density at radius 1 is 1.38 bits per heavy atom. The van der Waals surface area contributed by atoms with Gasteiger partial charge in [-0.1, -0.05) is 17.7 Å². The number of hydrogen-bond acceptors (Lipinski definition) is 3. The number of amides is 2. The fourth-order valence-electron chi connectivity index (χ4n) is 2.59. The smallest absolute Gasteiger partial charge is 0.254 e. The van der Waals surface area contributed by atoms with Crippen molar-refractivity contribution in [3.05, 3.63) is 34.9 Å². The number of carbonyl (C=O) groups excluding carboxylic acids is 2. The molecule has 0 bridgehead atoms. The lowest BCUT2D eigenvalue weighted by Gasteiger charge is -2.35. The number of piperazine rings is 1. The van der Waals surface area contributed by atoms with Gasteiger partial charge < -0.3 is 15.5 Å². The Kier molecular flexibility index (Phi) is 4.96. The molecule has 1 atom stereocenters. The third kappa shape index (κ3) is 3.42. The van der Waals surface area contributed by atoms with E-state index in [1.54, 1.807) is 4.90 Å². The lowest BCUT2D eigenvalue weighted by molar-refractivity contribution is -0.126. The molecule has 114 valence electrons. The highest BCUT2D eigenvalue weighted by molar-refractivity contribution is 5.99. The molecule has 0 aliphatic carbocycles. The van der Waals surface area contributed by atoms with E-state index in [1.807, 2.05) is 39.0 Å². The molecule has 5 nitrogen and oxygen atoms in total. The largest absolute Gasteiger partial charge is 0.355 e. The van der Waals surface area contributed by atoms with Crippen LogP contribution in [-0.4, -0.2) is 48.9 Å². The molecule has 0 saturated carbocycles. The van der Waals surface area contributed by atoms with Gasteiger partial charge in [0.2, 0.25) is 5.91 Å². The van der Waals surface area contributed by atoms with Crippen LogP contribution in [0.5, 0.6) is 0 Å². The zero-order chi connectivity index (χ0) is 15.4. The molecule has 0 spiro atoms. The van der Waals surface area contributed by atoms with Crippen molar-refractivity contribution in [3.63, 3.8) is 0 Å². The Labute approximate surface area is 125 Å². The van der Waals surface area contributed by atoms with Crippen LogP contribution in [0.2, 0.25) is 0 Å². The summed E-state index contributed by atoms with van der Waals surface area (Å²) >= 11 is 0. The molecule has 1 aromatic carbocycles. The summed E-state index contributed by atoms with van der Waals surface area (Å²) in [7, 11) is 0. The summed E-state index contributed by atoms with van der Waals surface area (Å²) in [5.41, 5.74) is 2.68. The van der Waals surface area contributed by atoms with E-state index in [4.69, 9.17) is 0 Å². The highest BCUT2D eigenvalue weighted by atomic mass is 16.2. The second kappa shape index (κ2) is 6.72. The fourth-order valence-corrected chi connectivity index (χ4v) is 2.59. The number of aryl methyl sites for hydroxylation is 2. The maximum Gasteiger partial charge on any atom is 0.254 e. The normalized spacial score (nSPS) is 18.4. The third-order valence-corrected chi connectivity index (χ3v) is 3.78. The van der Waals surface area contributed by atoms with Crippen molar-refractivity contribution in [2.45, 2.75) is 26.8 Å². The molecule has 2 amide bonds. The van der Waals surface area contributed by atoms with E-state index in [9.17, 15) is 9.59 Å². The van der Waals surface area contributed by atoms with Gasteiger partial charge in [-0.25, -0.2) is 0 Å². The minimum Gasteiger partial charge on any atom is -0.355 e. The molecule has 1 saturated heterocycles. The lowest BCUT2D eigenvalue weighted by Crippen LogP contribution is -2.59. The Morgan fingerprint density at radius 3 is 2.86 bits per heavy atom. The summed E-state index contributed by atoms with van der Waals surface area (Å²) < 4.78 is 0. The van der Waals surface area contributed by atoms with Crippen molar-refractivity contribution >= 4 is 11.8 Å². The van der Waals surface area contributed by atoms with Crippen LogP contribution in [0.1, 0.15) is 28.4 Å². The maximum absolute atomic E-state index is 12.8. The van der Waals surface area contributed by atoms with Crippen LogP contribution in [0.25, 0.3) is 0 Å². The van der Waals surface area contributed by atoms with Crippen LogP contribution >= 0.6 is 0 Å². The molecule has 1 aliphatic heterocycles. The van der Waals surface area contributed by atoms with Crippen LogP contribution in [0.3, 0.4) is 0 Å². The predicted octanol–water partition coefficient (Wildman–Crippen LogP) is 0.854. The van der Waals surface area contributed by atoms with Crippen LogP contribution in [0, 0.1) is 13.8 Å². The molecule has 5 heteroatoms. The van der Waals surface area contributed by atoms with Gasteiger partial charge in [0.1, 0.15) is 6.04 Å². The number of rotatable bonds is 3. The van der Waals surface area contributed by atoms with Gasteiger partial charge >= 0.3 is 0 Å². The minimum absolute atomic E-state index is 0.0612. The van der Waals surface area contributed by atoms with E-state index in [2.05, 4.69) is 10.6 Å². The van der Waals surface area contributed by atoms with E-state index >= 15 is 0 Å². The quantitative estimate of drug-likeness (QED) is 0.867. The van der Waals surface area contributed by atoms with Crippen LogP contribution < -0.4 is 10.6 Å². The first-order valence-electron chi connectivity index (χ1n) is 7.41. The van der Waals surface area contributed by atoms with Gasteiger partial charge in [-0.2, -0.15) is 0 Å². The summed E-state index contributed by atoms with van der Waals surface area (Å²) in [5, 5.41) is 5.99. The van der Waals surface area contributed by atoms with Gasteiger partial charge in [0, 0.05) is 31.7 Å². The number of benzene rings is 1. The number of nitrogens with zero attached hydrogens (tertiary/aromatic N) is 1. The lowest BCUT2D eigenvalue weighted by atomic mass is 10.0. The first-order valence-corrected chi connectivity index (χ1v) is 7.41. The summed E-state index contributed by atoms with van der Waals surface area (Å²) in [5.74, 6) is -0.155. The Bertz CT molecular complexity index is 542. The molecule has 2 N–H and O–H groups in total. The van der Waals surface area contributed by atoms with Crippen LogP contribution in [-0.2, 0) is 4.79 Å². The molecule has 0 aromatic heterocycles. The molecule has 1 aromatic rings. The summed E-state index contributed by atoms with van der Waals surface area (Å²) in [6, 6.07) is 5.40. The topological polar surface area (TPSA) is 61.4 Å². The Morgan fingerprint density at radius 2 is 2.14 bits per heavy atom. The Balaban J connectivity index is 2.26. The first-order chi connectivity index (χ1) is 10.0. The number of hydrogen-bond donors (Lipinski definition) is 2. The van der Waals surface area contributed by atoms with Crippen molar-refractivity contribution in [1.82, 2.24) is 15.5 Å². The minimum atomic E-state index is -0.439. The van der Waals surface area contributed by atoms with Gasteiger partial charge in [0.25, 0.3) is 5.91 Å². The molecule has 2 rings (SSSR count). The molecule has 1 heterocycles. The molecule has 0 radical (unpaired) electrons. The van der Waals surface area contributed by atoms with Crippen molar-refractivity contribution in [1.29, 1.82) is 0 Å². The number of nitrogens with one attached hydrogen (secondary N) is 2. The third-order valence-electron chi connectivity index (χ3n) is 3.78. The molecule has 1 unspecified atom stereocenters. The molecule has 21 heavy (non-hydrogen) atoms. The van der Waals surface area contributed by atoms with E-state index < -0.39 is 6.04 Å². The van der Waals surface area contributed by atoms with Gasteiger partial charge in [0.15, 0.2) is 0 Å². The highest BCUT2D eigenvalue weighted by Gasteiger charge is 2.32. The number of carbonyl (C=O) groups is 2. The number of likely N-dealkylation sites (N-methyl/N-ethyl adjacent to an activating group) is 1.